The van der Waals surface area contributed by atoms with Gasteiger partial charge in [-0.3, -0.25) is 4.90 Å². The Morgan fingerprint density at radius 3 is 2.65 bits per heavy atom. The van der Waals surface area contributed by atoms with E-state index >= 15 is 0 Å². The monoisotopic (exact) mass is 232 g/mol. The standard InChI is InChI=1S/C14H20N2O/c1-9(10-5-3-2-4-6-10)16-8-11-7-12(17)14(16)13(11)15/h2-6,9,11-14,17H,7-8,15H2,1H3/t9-,11?,12-,13+,14?/m0/s1. The molecule has 0 aromatic heterocycles. The van der Waals surface area contributed by atoms with Crippen LogP contribution < -0.4 is 5.73 Å². The molecule has 1 aromatic rings. The van der Waals surface area contributed by atoms with E-state index in [0.29, 0.717) is 12.0 Å². The molecule has 3 nitrogen and oxygen atoms in total. The smallest absolute Gasteiger partial charge is 0.0714 e. The third-order valence-corrected chi connectivity index (χ3v) is 4.48. The quantitative estimate of drug-likeness (QED) is 0.804. The van der Waals surface area contributed by atoms with Gasteiger partial charge < -0.3 is 10.8 Å². The number of hydrogen-bond acceptors (Lipinski definition) is 3. The summed E-state index contributed by atoms with van der Waals surface area (Å²) in [7, 11) is 0. The van der Waals surface area contributed by atoms with E-state index in [2.05, 4.69) is 36.1 Å². The van der Waals surface area contributed by atoms with Crippen LogP contribution in [-0.4, -0.2) is 34.7 Å². The summed E-state index contributed by atoms with van der Waals surface area (Å²) in [6, 6.07) is 11.1. The van der Waals surface area contributed by atoms with Gasteiger partial charge in [-0.05, 0) is 24.8 Å². The van der Waals surface area contributed by atoms with E-state index in [1.54, 1.807) is 0 Å². The number of hydrogen-bond donors (Lipinski definition) is 2. The first-order valence-electron chi connectivity index (χ1n) is 6.43. The fourth-order valence-corrected chi connectivity index (χ4v) is 3.51. The Hall–Kier alpha value is -0.900. The van der Waals surface area contributed by atoms with Gasteiger partial charge in [-0.2, -0.15) is 0 Å². The molecular weight excluding hydrogens is 212 g/mol. The molecule has 0 amide bonds. The number of nitrogens with two attached hydrogens (primary N) is 1. The highest BCUT2D eigenvalue weighted by molar-refractivity contribution is 5.20. The number of piperidine rings is 1. The first kappa shape index (κ1) is 11.2. The molecule has 1 heterocycles. The van der Waals surface area contributed by atoms with Crippen molar-refractivity contribution in [3.05, 3.63) is 35.9 Å². The highest BCUT2D eigenvalue weighted by atomic mass is 16.3. The largest absolute Gasteiger partial charge is 0.391 e. The molecule has 5 atom stereocenters. The van der Waals surface area contributed by atoms with Crippen LogP contribution >= 0.6 is 0 Å². The fourth-order valence-electron chi connectivity index (χ4n) is 3.51. The van der Waals surface area contributed by atoms with Crippen LogP contribution in [0.2, 0.25) is 0 Å². The Labute approximate surface area is 102 Å². The Balaban J connectivity index is 1.82. The SMILES string of the molecule is C[C@@H](c1ccccc1)N1CC2C[C@H](O)C1[C@@H]2N. The normalized spacial score (nSPS) is 38.5. The lowest BCUT2D eigenvalue weighted by molar-refractivity contribution is 0.0345. The van der Waals surface area contributed by atoms with Gasteiger partial charge in [0.1, 0.15) is 0 Å². The van der Waals surface area contributed by atoms with Crippen molar-refractivity contribution in [3.63, 3.8) is 0 Å². The van der Waals surface area contributed by atoms with Gasteiger partial charge in [0.2, 0.25) is 0 Å². The molecule has 0 radical (unpaired) electrons. The van der Waals surface area contributed by atoms with Crippen LogP contribution in [-0.2, 0) is 0 Å². The highest BCUT2D eigenvalue weighted by Crippen LogP contribution is 2.41. The molecular formula is C14H20N2O. The van der Waals surface area contributed by atoms with Crippen LogP contribution in [0.5, 0.6) is 0 Å². The molecule has 92 valence electrons. The van der Waals surface area contributed by atoms with Crippen molar-refractivity contribution >= 4 is 0 Å². The van der Waals surface area contributed by atoms with Crippen molar-refractivity contribution in [1.29, 1.82) is 0 Å². The molecule has 1 saturated heterocycles. The number of fused-ring (bicyclic) bond motifs is 2. The zero-order chi connectivity index (χ0) is 12.0. The maximum Gasteiger partial charge on any atom is 0.0714 e. The summed E-state index contributed by atoms with van der Waals surface area (Å²) in [6.45, 7) is 3.23. The first-order chi connectivity index (χ1) is 8.18. The number of likely N-dealkylation sites (tertiary alicyclic amines) is 1. The molecule has 17 heavy (non-hydrogen) atoms. The van der Waals surface area contributed by atoms with Gasteiger partial charge in [-0.1, -0.05) is 30.3 Å². The molecule has 2 bridgehead atoms. The predicted molar refractivity (Wildman–Crippen MR) is 67.4 cm³/mol. The van der Waals surface area contributed by atoms with E-state index in [-0.39, 0.29) is 18.2 Å². The average Bonchev–Trinajstić information content (AvgIpc) is 2.81. The van der Waals surface area contributed by atoms with Crippen molar-refractivity contribution in [1.82, 2.24) is 4.90 Å². The van der Waals surface area contributed by atoms with Gasteiger partial charge in [0.15, 0.2) is 0 Å². The van der Waals surface area contributed by atoms with Crippen molar-refractivity contribution < 1.29 is 5.11 Å². The second-order valence-corrected chi connectivity index (χ2v) is 5.41. The zero-order valence-corrected chi connectivity index (χ0v) is 10.2. The van der Waals surface area contributed by atoms with Crippen LogP contribution in [0.4, 0.5) is 0 Å². The van der Waals surface area contributed by atoms with E-state index in [1.165, 1.54) is 5.56 Å². The minimum absolute atomic E-state index is 0.148. The average molecular weight is 232 g/mol. The van der Waals surface area contributed by atoms with Gasteiger partial charge >= 0.3 is 0 Å². The summed E-state index contributed by atoms with van der Waals surface area (Å²) in [4.78, 5) is 2.37. The van der Waals surface area contributed by atoms with E-state index in [0.717, 1.165) is 13.0 Å². The lowest BCUT2D eigenvalue weighted by Crippen LogP contribution is -2.46. The van der Waals surface area contributed by atoms with Crippen molar-refractivity contribution in [2.45, 2.75) is 37.6 Å². The Morgan fingerprint density at radius 2 is 2.06 bits per heavy atom. The first-order valence-corrected chi connectivity index (χ1v) is 6.43. The second kappa shape index (κ2) is 4.09. The molecule has 3 rings (SSSR count). The van der Waals surface area contributed by atoms with Gasteiger partial charge in [-0.15, -0.1) is 0 Å². The van der Waals surface area contributed by atoms with Gasteiger partial charge in [0.25, 0.3) is 0 Å². The van der Waals surface area contributed by atoms with Gasteiger partial charge in [-0.25, -0.2) is 0 Å². The number of aliphatic hydroxyl groups is 1. The van der Waals surface area contributed by atoms with Crippen molar-refractivity contribution in [3.8, 4) is 0 Å². The van der Waals surface area contributed by atoms with Gasteiger partial charge in [0, 0.05) is 18.6 Å². The van der Waals surface area contributed by atoms with Crippen LogP contribution in [0.1, 0.15) is 24.9 Å². The lowest BCUT2D eigenvalue weighted by Gasteiger charge is -2.35. The third kappa shape index (κ3) is 1.69. The van der Waals surface area contributed by atoms with Crippen LogP contribution in [0.25, 0.3) is 0 Å². The summed E-state index contributed by atoms with van der Waals surface area (Å²) in [5, 5.41) is 10.0. The molecule has 2 unspecified atom stereocenters. The van der Waals surface area contributed by atoms with Crippen molar-refractivity contribution in [2.24, 2.45) is 11.7 Å². The summed E-state index contributed by atoms with van der Waals surface area (Å²) < 4.78 is 0. The van der Waals surface area contributed by atoms with E-state index in [9.17, 15) is 5.11 Å². The molecule has 1 aliphatic heterocycles. The lowest BCUT2D eigenvalue weighted by atomic mass is 10.0. The minimum Gasteiger partial charge on any atom is -0.391 e. The third-order valence-electron chi connectivity index (χ3n) is 4.48. The fraction of sp³-hybridized carbons (Fsp3) is 0.571. The predicted octanol–water partition coefficient (Wildman–Crippen LogP) is 1.14. The van der Waals surface area contributed by atoms with E-state index in [4.69, 9.17) is 5.73 Å². The minimum atomic E-state index is -0.241. The number of nitrogens with zero attached hydrogens (tertiary/aromatic N) is 1. The molecule has 2 fully saturated rings. The van der Waals surface area contributed by atoms with Crippen LogP contribution in [0.3, 0.4) is 0 Å². The second-order valence-electron chi connectivity index (χ2n) is 5.41. The summed E-state index contributed by atoms with van der Waals surface area (Å²) in [6.07, 6.45) is 0.638. The Kier molecular flexibility index (Phi) is 2.69. The summed E-state index contributed by atoms with van der Waals surface area (Å²) in [5.74, 6) is 0.473. The summed E-state index contributed by atoms with van der Waals surface area (Å²) in [5.41, 5.74) is 7.48. The topological polar surface area (TPSA) is 49.5 Å². The molecule has 1 saturated carbocycles. The van der Waals surface area contributed by atoms with Crippen LogP contribution in [0, 0.1) is 5.92 Å². The highest BCUT2D eigenvalue weighted by Gasteiger charge is 2.51. The Bertz CT molecular complexity index is 394. The zero-order valence-electron chi connectivity index (χ0n) is 10.2. The maximum atomic E-state index is 10.0. The van der Waals surface area contributed by atoms with Gasteiger partial charge in [0.05, 0.1) is 12.1 Å². The Morgan fingerprint density at radius 1 is 1.35 bits per heavy atom. The molecule has 3 N–H and O–H groups in total. The molecule has 1 aliphatic carbocycles. The molecule has 2 aliphatic rings. The summed E-state index contributed by atoms with van der Waals surface area (Å²) >= 11 is 0. The maximum absolute atomic E-state index is 10.0. The van der Waals surface area contributed by atoms with Crippen molar-refractivity contribution in [2.75, 3.05) is 6.54 Å². The van der Waals surface area contributed by atoms with Crippen LogP contribution in [0.15, 0.2) is 30.3 Å². The molecule has 0 spiro atoms. The molecule has 1 aromatic carbocycles. The number of benzene rings is 1. The van der Waals surface area contributed by atoms with E-state index < -0.39 is 0 Å². The number of rotatable bonds is 2. The van der Waals surface area contributed by atoms with E-state index in [1.807, 2.05) is 6.07 Å². The molecule has 3 heteroatoms. The number of aliphatic hydroxyl groups excluding tert-OH is 1.